The van der Waals surface area contributed by atoms with Gasteiger partial charge >= 0.3 is 0 Å². The number of aromatic hydroxyl groups is 1. The summed E-state index contributed by atoms with van der Waals surface area (Å²) in [6, 6.07) is 12.3. The molecule has 1 aliphatic rings. The molecule has 33 heavy (non-hydrogen) atoms. The van der Waals surface area contributed by atoms with E-state index in [0.29, 0.717) is 27.3 Å². The van der Waals surface area contributed by atoms with Gasteiger partial charge in [0.2, 0.25) is 0 Å². The molecule has 0 radical (unpaired) electrons. The summed E-state index contributed by atoms with van der Waals surface area (Å²) in [5.74, 6) is 0.986. The lowest BCUT2D eigenvalue weighted by Gasteiger charge is -2.18. The number of carbonyl (C=O) groups is 1. The third-order valence-corrected chi connectivity index (χ3v) is 6.47. The molecule has 9 heteroatoms. The standard InChI is InChI=1S/C24H28N2O4S2.ClH/c1-4-25(5-2)13-6-14-30-19-10-8-18(9-11-19)26-23(28)22(32-24(26)31)16-17-7-12-20(27)21(15-17)29-3;/h7-12,15-16,27H,4-6,13-14H2,1-3H3;1H. The molecule has 178 valence electrons. The van der Waals surface area contributed by atoms with E-state index in [2.05, 4.69) is 18.7 Å². The second kappa shape index (κ2) is 12.8. The number of nitrogens with zero attached hydrogens (tertiary/aromatic N) is 2. The van der Waals surface area contributed by atoms with Crippen LogP contribution in [-0.2, 0) is 4.79 Å². The molecule has 0 spiro atoms. The molecule has 1 fully saturated rings. The molecule has 1 amide bonds. The highest BCUT2D eigenvalue weighted by molar-refractivity contribution is 8.27. The van der Waals surface area contributed by atoms with Crippen molar-refractivity contribution in [2.24, 2.45) is 0 Å². The van der Waals surface area contributed by atoms with Crippen LogP contribution < -0.4 is 14.4 Å². The van der Waals surface area contributed by atoms with Gasteiger partial charge in [0.25, 0.3) is 5.91 Å². The van der Waals surface area contributed by atoms with Gasteiger partial charge in [-0.25, -0.2) is 0 Å². The first kappa shape index (κ1) is 27.0. The summed E-state index contributed by atoms with van der Waals surface area (Å²) in [6.45, 7) is 8.07. The Bertz CT molecular complexity index is 994. The number of phenolic OH excluding ortho intramolecular Hbond substituents is 1. The van der Waals surface area contributed by atoms with Gasteiger partial charge in [0.05, 0.1) is 24.3 Å². The fourth-order valence-corrected chi connectivity index (χ4v) is 4.63. The summed E-state index contributed by atoms with van der Waals surface area (Å²) >= 11 is 6.70. The lowest BCUT2D eigenvalue weighted by atomic mass is 10.2. The zero-order valence-electron chi connectivity index (χ0n) is 18.9. The van der Waals surface area contributed by atoms with Gasteiger partial charge in [-0.1, -0.05) is 43.9 Å². The number of hydrogen-bond donors (Lipinski definition) is 1. The lowest BCUT2D eigenvalue weighted by Crippen LogP contribution is -2.27. The second-order valence-corrected chi connectivity index (χ2v) is 8.85. The minimum absolute atomic E-state index is 0. The maximum absolute atomic E-state index is 13.0. The average Bonchev–Trinajstić information content (AvgIpc) is 3.08. The second-order valence-electron chi connectivity index (χ2n) is 7.17. The number of thioether (sulfide) groups is 1. The van der Waals surface area contributed by atoms with Crippen molar-refractivity contribution in [3.8, 4) is 17.2 Å². The Kier molecular flexibility index (Phi) is 10.5. The summed E-state index contributed by atoms with van der Waals surface area (Å²) in [6.07, 6.45) is 2.71. The quantitative estimate of drug-likeness (QED) is 0.264. The van der Waals surface area contributed by atoms with Crippen molar-refractivity contribution < 1.29 is 19.4 Å². The van der Waals surface area contributed by atoms with E-state index < -0.39 is 0 Å². The van der Waals surface area contributed by atoms with E-state index in [1.54, 1.807) is 18.2 Å². The summed E-state index contributed by atoms with van der Waals surface area (Å²) in [4.78, 5) is 17.4. The molecule has 1 saturated heterocycles. The molecule has 0 aliphatic carbocycles. The Morgan fingerprint density at radius 3 is 2.48 bits per heavy atom. The molecule has 6 nitrogen and oxygen atoms in total. The molecular formula is C24H29ClN2O4S2. The van der Waals surface area contributed by atoms with E-state index in [-0.39, 0.29) is 24.1 Å². The number of benzene rings is 2. The predicted octanol–water partition coefficient (Wildman–Crippen LogP) is 5.34. The van der Waals surface area contributed by atoms with E-state index >= 15 is 0 Å². The first-order chi connectivity index (χ1) is 15.5. The number of ether oxygens (including phenoxy) is 2. The highest BCUT2D eigenvalue weighted by Gasteiger charge is 2.33. The SMILES string of the molecule is CCN(CC)CCCOc1ccc(N2C(=O)C(=Cc3ccc(O)c(OC)c3)SC2=S)cc1.Cl. The number of phenols is 1. The van der Waals surface area contributed by atoms with Gasteiger partial charge in [-0.05, 0) is 67.5 Å². The molecule has 0 bridgehead atoms. The van der Waals surface area contributed by atoms with Gasteiger partial charge in [0, 0.05) is 6.54 Å². The van der Waals surface area contributed by atoms with Gasteiger partial charge in [-0.3, -0.25) is 9.69 Å². The van der Waals surface area contributed by atoms with Crippen LogP contribution in [0, 0.1) is 0 Å². The number of amides is 1. The molecular weight excluding hydrogens is 480 g/mol. The minimum atomic E-state index is -0.181. The molecule has 2 aromatic rings. The van der Waals surface area contributed by atoms with Gasteiger partial charge in [-0.2, -0.15) is 0 Å². The lowest BCUT2D eigenvalue weighted by molar-refractivity contribution is -0.113. The third kappa shape index (κ3) is 6.86. The zero-order valence-corrected chi connectivity index (χ0v) is 21.4. The normalized spacial score (nSPS) is 14.7. The summed E-state index contributed by atoms with van der Waals surface area (Å²) in [7, 11) is 1.48. The predicted molar refractivity (Wildman–Crippen MR) is 142 cm³/mol. The molecule has 1 N–H and O–H groups in total. The molecule has 0 unspecified atom stereocenters. The molecule has 0 atom stereocenters. The van der Waals surface area contributed by atoms with E-state index in [1.165, 1.54) is 29.8 Å². The Morgan fingerprint density at radius 1 is 1.15 bits per heavy atom. The number of anilines is 1. The average molecular weight is 509 g/mol. The Labute approximate surface area is 211 Å². The smallest absolute Gasteiger partial charge is 0.270 e. The van der Waals surface area contributed by atoms with Crippen LogP contribution in [0.4, 0.5) is 5.69 Å². The van der Waals surface area contributed by atoms with E-state index in [9.17, 15) is 9.90 Å². The highest BCUT2D eigenvalue weighted by atomic mass is 35.5. The Balaban J connectivity index is 0.00000385. The van der Waals surface area contributed by atoms with Crippen LogP contribution in [-0.4, -0.2) is 53.6 Å². The first-order valence-corrected chi connectivity index (χ1v) is 11.8. The topological polar surface area (TPSA) is 62.2 Å². The third-order valence-electron chi connectivity index (χ3n) is 5.17. The zero-order chi connectivity index (χ0) is 23.1. The van der Waals surface area contributed by atoms with Crippen LogP contribution in [0.5, 0.6) is 17.2 Å². The van der Waals surface area contributed by atoms with Crippen LogP contribution in [0.3, 0.4) is 0 Å². The van der Waals surface area contributed by atoms with Crippen molar-refractivity contribution in [1.29, 1.82) is 0 Å². The van der Waals surface area contributed by atoms with Gasteiger partial charge < -0.3 is 19.5 Å². The summed E-state index contributed by atoms with van der Waals surface area (Å²) < 4.78 is 11.4. The van der Waals surface area contributed by atoms with Crippen LogP contribution in [0.1, 0.15) is 25.8 Å². The maximum Gasteiger partial charge on any atom is 0.270 e. The molecule has 1 aliphatic heterocycles. The summed E-state index contributed by atoms with van der Waals surface area (Å²) in [5, 5.41) is 9.76. The molecule has 2 aromatic carbocycles. The fraction of sp³-hybridized carbons (Fsp3) is 0.333. The monoisotopic (exact) mass is 508 g/mol. The van der Waals surface area contributed by atoms with Gasteiger partial charge in [0.1, 0.15) is 5.75 Å². The van der Waals surface area contributed by atoms with E-state index in [0.717, 1.165) is 37.4 Å². The highest BCUT2D eigenvalue weighted by Crippen LogP contribution is 2.37. The molecule has 0 saturated carbocycles. The number of methoxy groups -OCH3 is 1. The fourth-order valence-electron chi connectivity index (χ4n) is 3.34. The van der Waals surface area contributed by atoms with Crippen LogP contribution in [0.15, 0.2) is 47.4 Å². The van der Waals surface area contributed by atoms with Crippen LogP contribution in [0.2, 0.25) is 0 Å². The van der Waals surface area contributed by atoms with E-state index in [4.69, 9.17) is 21.7 Å². The van der Waals surface area contributed by atoms with Crippen molar-refractivity contribution in [1.82, 2.24) is 4.90 Å². The Hall–Kier alpha value is -2.26. The molecule has 0 aromatic heterocycles. The van der Waals surface area contributed by atoms with Crippen molar-refractivity contribution in [3.63, 3.8) is 0 Å². The maximum atomic E-state index is 13.0. The van der Waals surface area contributed by atoms with Crippen LogP contribution in [0.25, 0.3) is 6.08 Å². The molecule has 3 rings (SSSR count). The Morgan fingerprint density at radius 2 is 1.85 bits per heavy atom. The largest absolute Gasteiger partial charge is 0.504 e. The van der Waals surface area contributed by atoms with Crippen molar-refractivity contribution in [2.45, 2.75) is 20.3 Å². The number of carbonyl (C=O) groups excluding carboxylic acids is 1. The van der Waals surface area contributed by atoms with Crippen LogP contribution >= 0.6 is 36.4 Å². The van der Waals surface area contributed by atoms with Gasteiger partial charge in [0.15, 0.2) is 15.8 Å². The summed E-state index contributed by atoms with van der Waals surface area (Å²) in [5.41, 5.74) is 1.45. The van der Waals surface area contributed by atoms with E-state index in [1.807, 2.05) is 24.3 Å². The number of halogens is 1. The number of hydrogen-bond acceptors (Lipinski definition) is 7. The molecule has 1 heterocycles. The minimum Gasteiger partial charge on any atom is -0.504 e. The van der Waals surface area contributed by atoms with Crippen molar-refractivity contribution >= 4 is 58.4 Å². The van der Waals surface area contributed by atoms with Gasteiger partial charge in [-0.15, -0.1) is 12.4 Å². The number of rotatable bonds is 10. The first-order valence-electron chi connectivity index (χ1n) is 10.6. The van der Waals surface area contributed by atoms with Crippen molar-refractivity contribution in [2.75, 3.05) is 38.3 Å². The van der Waals surface area contributed by atoms with Crippen molar-refractivity contribution in [3.05, 3.63) is 52.9 Å². The number of thiocarbonyl (C=S) groups is 1.